The minimum atomic E-state index is 0.0309. The van der Waals surface area contributed by atoms with Gasteiger partial charge in [0.05, 0.1) is 16.6 Å². The van der Waals surface area contributed by atoms with Gasteiger partial charge < -0.3 is 0 Å². The van der Waals surface area contributed by atoms with Crippen molar-refractivity contribution >= 4 is 22.1 Å². The molecule has 1 aliphatic heterocycles. The van der Waals surface area contributed by atoms with Gasteiger partial charge in [0, 0.05) is 28.4 Å². The van der Waals surface area contributed by atoms with Crippen molar-refractivity contribution in [1.29, 1.82) is 0 Å². The minimum Gasteiger partial charge on any atom is -0.289 e. The molecule has 2 aromatic rings. The van der Waals surface area contributed by atoms with Crippen LogP contribution in [0.4, 0.5) is 0 Å². The van der Waals surface area contributed by atoms with Crippen LogP contribution in [-0.2, 0) is 4.79 Å². The summed E-state index contributed by atoms with van der Waals surface area (Å²) in [6, 6.07) is 5.88. The number of carbonyl (C=O) groups excluding carboxylic acids is 1. The Balaban J connectivity index is 2.27. The van der Waals surface area contributed by atoms with Crippen LogP contribution in [0.2, 0.25) is 0 Å². The van der Waals surface area contributed by atoms with E-state index in [2.05, 4.69) is 9.98 Å². The van der Waals surface area contributed by atoms with Crippen molar-refractivity contribution in [3.63, 3.8) is 0 Å². The highest BCUT2D eigenvalue weighted by Crippen LogP contribution is 2.20. The van der Waals surface area contributed by atoms with Gasteiger partial charge in [-0.1, -0.05) is 18.2 Å². The monoisotopic (exact) mass is 232 g/mol. The number of nitrogens with zero attached hydrogens (tertiary/aromatic N) is 2. The molecule has 0 bridgehead atoms. The second-order valence-electron chi connectivity index (χ2n) is 4.32. The first kappa shape index (κ1) is 9.48. The van der Waals surface area contributed by atoms with E-state index in [9.17, 15) is 4.79 Å². The van der Waals surface area contributed by atoms with Crippen molar-refractivity contribution in [3.8, 4) is 0 Å². The Kier molecular flexibility index (Phi) is 1.70. The topological polar surface area (TPSA) is 42.3 Å². The molecule has 0 N–H and O–H groups in total. The summed E-state index contributed by atoms with van der Waals surface area (Å²) in [4.78, 5) is 20.6. The molecule has 0 amide bonds. The number of benzene rings is 1. The van der Waals surface area contributed by atoms with Gasteiger partial charge in [0.2, 0.25) is 0 Å². The van der Waals surface area contributed by atoms with Crippen LogP contribution in [0.25, 0.3) is 16.3 Å². The molecule has 4 rings (SSSR count). The number of ketones is 1. The predicted octanol–water partition coefficient (Wildman–Crippen LogP) is 1.04. The average Bonchev–Trinajstić information content (AvgIpc) is 2.79. The molecule has 84 valence electrons. The van der Waals surface area contributed by atoms with Gasteiger partial charge in [-0.3, -0.25) is 9.78 Å². The highest BCUT2D eigenvalue weighted by molar-refractivity contribution is 6.27. The first-order valence-electron chi connectivity index (χ1n) is 5.73. The third-order valence-electron chi connectivity index (χ3n) is 3.30. The maximum atomic E-state index is 11.9. The van der Waals surface area contributed by atoms with Gasteiger partial charge >= 0.3 is 0 Å². The third kappa shape index (κ3) is 1.10. The van der Waals surface area contributed by atoms with Gasteiger partial charge in [-0.2, -0.15) is 0 Å². The van der Waals surface area contributed by atoms with Crippen molar-refractivity contribution < 1.29 is 4.79 Å². The summed E-state index contributed by atoms with van der Waals surface area (Å²) < 4.78 is 0. The van der Waals surface area contributed by atoms with Crippen LogP contribution in [0.1, 0.15) is 0 Å². The number of allylic oxidation sites excluding steroid dienone is 4. The lowest BCUT2D eigenvalue weighted by molar-refractivity contribution is -0.109. The number of rotatable bonds is 0. The maximum Gasteiger partial charge on any atom is 0.188 e. The van der Waals surface area contributed by atoms with Crippen LogP contribution in [0.15, 0.2) is 59.5 Å². The van der Waals surface area contributed by atoms with Crippen LogP contribution in [0.5, 0.6) is 0 Å². The molecular formula is C15H8N2O. The summed E-state index contributed by atoms with van der Waals surface area (Å²) in [7, 11) is 0. The molecule has 18 heavy (non-hydrogen) atoms. The number of hydrogen-bond donors (Lipinski definition) is 0. The average molecular weight is 232 g/mol. The molecule has 1 aliphatic carbocycles. The molecule has 0 saturated carbocycles. The van der Waals surface area contributed by atoms with E-state index in [1.807, 2.05) is 30.5 Å². The zero-order chi connectivity index (χ0) is 12.1. The number of carbonyl (C=O) groups is 1. The molecule has 2 heterocycles. The third-order valence-corrected chi connectivity index (χ3v) is 3.30. The lowest BCUT2D eigenvalue weighted by Crippen LogP contribution is -2.25. The molecule has 0 saturated heterocycles. The predicted molar refractivity (Wildman–Crippen MR) is 68.2 cm³/mol. The van der Waals surface area contributed by atoms with Gasteiger partial charge in [0.15, 0.2) is 5.78 Å². The van der Waals surface area contributed by atoms with E-state index >= 15 is 0 Å². The summed E-state index contributed by atoms with van der Waals surface area (Å²) in [6.45, 7) is 0. The summed E-state index contributed by atoms with van der Waals surface area (Å²) in [5, 5.41) is 3.89. The first-order chi connectivity index (χ1) is 8.84. The fraction of sp³-hybridized carbons (Fsp3) is 0. The van der Waals surface area contributed by atoms with Gasteiger partial charge in [0.1, 0.15) is 0 Å². The molecule has 0 atom stereocenters. The number of hydrogen-bond acceptors (Lipinski definition) is 3. The normalized spacial score (nSPS) is 16.3. The fourth-order valence-electron chi connectivity index (χ4n) is 2.48. The quantitative estimate of drug-likeness (QED) is 0.681. The summed E-state index contributed by atoms with van der Waals surface area (Å²) in [5.74, 6) is 0.0309. The van der Waals surface area contributed by atoms with Gasteiger partial charge in [-0.05, 0) is 18.2 Å². The zero-order valence-corrected chi connectivity index (χ0v) is 9.42. The summed E-state index contributed by atoms with van der Waals surface area (Å²) in [6.07, 6.45) is 8.77. The second-order valence-corrected chi connectivity index (χ2v) is 4.32. The molecule has 0 fully saturated rings. The first-order valence-corrected chi connectivity index (χ1v) is 5.73. The van der Waals surface area contributed by atoms with E-state index in [4.69, 9.17) is 0 Å². The molecule has 3 heteroatoms. The largest absolute Gasteiger partial charge is 0.289 e. The van der Waals surface area contributed by atoms with Crippen molar-refractivity contribution in [3.05, 3.63) is 65.1 Å². The maximum absolute atomic E-state index is 11.9. The second kappa shape index (κ2) is 3.23. The molecule has 3 nitrogen and oxygen atoms in total. The van der Waals surface area contributed by atoms with E-state index in [0.29, 0.717) is 5.57 Å². The van der Waals surface area contributed by atoms with Gasteiger partial charge in [-0.15, -0.1) is 0 Å². The Morgan fingerprint density at radius 1 is 1.11 bits per heavy atom. The molecular weight excluding hydrogens is 224 g/mol. The smallest absolute Gasteiger partial charge is 0.188 e. The number of pyridine rings is 1. The lowest BCUT2D eigenvalue weighted by Gasteiger charge is -2.02. The van der Waals surface area contributed by atoms with Gasteiger partial charge in [-0.25, -0.2) is 4.99 Å². The van der Waals surface area contributed by atoms with Crippen molar-refractivity contribution in [2.24, 2.45) is 4.99 Å². The van der Waals surface area contributed by atoms with Crippen molar-refractivity contribution in [2.45, 2.75) is 0 Å². The summed E-state index contributed by atoms with van der Waals surface area (Å²) in [5.41, 5.74) is 1.48. The fourth-order valence-corrected chi connectivity index (χ4v) is 2.48. The molecule has 2 aliphatic rings. The Morgan fingerprint density at radius 3 is 3.00 bits per heavy atom. The molecule has 0 radical (unpaired) electrons. The molecule has 0 spiro atoms. The molecule has 1 aromatic carbocycles. The van der Waals surface area contributed by atoms with E-state index in [1.54, 1.807) is 18.3 Å². The van der Waals surface area contributed by atoms with Crippen LogP contribution >= 0.6 is 0 Å². The standard InChI is InChI=1S/C15H8N2O/c18-13-3-1-2-12-14(13)11-5-4-9-8-16-7-6-10(9)15(11)17-12/h1-8H. The van der Waals surface area contributed by atoms with E-state index in [1.165, 1.54) is 0 Å². The zero-order valence-electron chi connectivity index (χ0n) is 9.42. The number of aromatic nitrogens is 1. The van der Waals surface area contributed by atoms with E-state index < -0.39 is 0 Å². The highest BCUT2D eigenvalue weighted by Gasteiger charge is 2.21. The van der Waals surface area contributed by atoms with Crippen LogP contribution in [0.3, 0.4) is 0 Å². The SMILES string of the molecule is O=C1C=CC=C2N=c3c(ccc4cnccc34)=C12. The van der Waals surface area contributed by atoms with Crippen LogP contribution in [-0.4, -0.2) is 10.8 Å². The Morgan fingerprint density at radius 2 is 2.06 bits per heavy atom. The highest BCUT2D eigenvalue weighted by atomic mass is 16.1. The Bertz CT molecular complexity index is 888. The van der Waals surface area contributed by atoms with Gasteiger partial charge in [0.25, 0.3) is 0 Å². The number of fused-ring (bicyclic) bond motifs is 4. The van der Waals surface area contributed by atoms with Crippen LogP contribution < -0.4 is 10.6 Å². The molecule has 0 unspecified atom stereocenters. The van der Waals surface area contributed by atoms with E-state index in [-0.39, 0.29) is 5.78 Å². The molecule has 1 aromatic heterocycles. The Labute approximate surface area is 102 Å². The minimum absolute atomic E-state index is 0.0309. The summed E-state index contributed by atoms with van der Waals surface area (Å²) >= 11 is 0. The lowest BCUT2D eigenvalue weighted by atomic mass is 10.0. The Hall–Kier alpha value is -2.55. The van der Waals surface area contributed by atoms with Crippen LogP contribution in [0, 0.1) is 0 Å². The van der Waals surface area contributed by atoms with E-state index in [0.717, 1.165) is 27.0 Å². The van der Waals surface area contributed by atoms with Crippen molar-refractivity contribution in [1.82, 2.24) is 4.98 Å². The van der Waals surface area contributed by atoms with Crippen molar-refractivity contribution in [2.75, 3.05) is 0 Å².